The maximum Gasteiger partial charge on any atom is 0.257 e. The fourth-order valence-corrected chi connectivity index (χ4v) is 3.60. The van der Waals surface area contributed by atoms with Crippen molar-refractivity contribution in [3.63, 3.8) is 0 Å². The Hall–Kier alpha value is -1.92. The van der Waals surface area contributed by atoms with Gasteiger partial charge in [-0.1, -0.05) is 25.3 Å². The molecule has 0 aliphatic carbocycles. The summed E-state index contributed by atoms with van der Waals surface area (Å²) < 4.78 is 0. The highest BCUT2D eigenvalue weighted by Gasteiger charge is 2.14. The molecule has 1 amide bonds. The van der Waals surface area contributed by atoms with Crippen molar-refractivity contribution in [2.24, 2.45) is 5.73 Å². The number of thiazole rings is 1. The van der Waals surface area contributed by atoms with E-state index in [1.54, 1.807) is 0 Å². The van der Waals surface area contributed by atoms with Crippen LogP contribution in [0.25, 0.3) is 0 Å². The molecule has 2 rings (SSSR count). The molecule has 0 spiro atoms. The maximum absolute atomic E-state index is 12.6. The predicted molar refractivity (Wildman–Crippen MR) is 111 cm³/mol. The molecule has 6 heteroatoms. The van der Waals surface area contributed by atoms with Crippen LogP contribution in [0.1, 0.15) is 58.6 Å². The largest absolute Gasteiger partial charge is 0.385 e. The normalized spacial score (nSPS) is 10.8. The van der Waals surface area contributed by atoms with E-state index in [4.69, 9.17) is 5.73 Å². The molecule has 0 radical (unpaired) electrons. The monoisotopic (exact) mass is 374 g/mol. The number of hydrogen-bond acceptors (Lipinski definition) is 5. The van der Waals surface area contributed by atoms with Crippen LogP contribution in [-0.4, -0.2) is 24.0 Å². The standard InChI is InChI=1S/C20H30N4OS/c1-14-17(19(25)24-20-23-15(2)16(3)26-20)10-9-11-18(14)22-13-8-6-4-5-7-12-21/h9-11,22H,4-8,12-13,21H2,1-3H3,(H,23,24,25). The van der Waals surface area contributed by atoms with Crippen molar-refractivity contribution in [3.8, 4) is 0 Å². The molecule has 2 aromatic rings. The molecule has 0 atom stereocenters. The number of hydrogen-bond donors (Lipinski definition) is 3. The topological polar surface area (TPSA) is 80.0 Å². The van der Waals surface area contributed by atoms with Gasteiger partial charge in [-0.05, 0) is 57.9 Å². The number of aromatic nitrogens is 1. The Bertz CT molecular complexity index is 707. The van der Waals surface area contributed by atoms with E-state index >= 15 is 0 Å². The number of aryl methyl sites for hydroxylation is 2. The van der Waals surface area contributed by atoms with E-state index in [-0.39, 0.29) is 5.91 Å². The summed E-state index contributed by atoms with van der Waals surface area (Å²) in [5.74, 6) is -0.110. The van der Waals surface area contributed by atoms with Crippen LogP contribution in [0, 0.1) is 20.8 Å². The van der Waals surface area contributed by atoms with E-state index in [2.05, 4.69) is 15.6 Å². The molecular formula is C20H30N4OS. The summed E-state index contributed by atoms with van der Waals surface area (Å²) in [4.78, 5) is 18.1. The molecule has 5 nitrogen and oxygen atoms in total. The van der Waals surface area contributed by atoms with Gasteiger partial charge < -0.3 is 11.1 Å². The fourth-order valence-electron chi connectivity index (χ4n) is 2.79. The summed E-state index contributed by atoms with van der Waals surface area (Å²) in [6, 6.07) is 5.80. The van der Waals surface area contributed by atoms with Crippen LogP contribution in [0.2, 0.25) is 0 Å². The number of anilines is 2. The first kappa shape index (κ1) is 20.4. The van der Waals surface area contributed by atoms with Gasteiger partial charge in [-0.3, -0.25) is 10.1 Å². The molecule has 0 unspecified atom stereocenters. The Kier molecular flexibility index (Phi) is 8.06. The second-order valence-electron chi connectivity index (χ2n) is 6.58. The third-order valence-corrected chi connectivity index (χ3v) is 5.51. The lowest BCUT2D eigenvalue weighted by molar-refractivity contribution is 0.102. The van der Waals surface area contributed by atoms with Crippen LogP contribution in [0.3, 0.4) is 0 Å². The van der Waals surface area contributed by atoms with Crippen LogP contribution < -0.4 is 16.4 Å². The Balaban J connectivity index is 1.90. The van der Waals surface area contributed by atoms with Crippen LogP contribution in [0.5, 0.6) is 0 Å². The van der Waals surface area contributed by atoms with Gasteiger partial charge in [0.25, 0.3) is 5.91 Å². The van der Waals surface area contributed by atoms with E-state index in [1.807, 2.05) is 39.0 Å². The second-order valence-corrected chi connectivity index (χ2v) is 7.78. The molecule has 0 saturated carbocycles. The van der Waals surface area contributed by atoms with Gasteiger partial charge in [-0.2, -0.15) is 0 Å². The molecule has 26 heavy (non-hydrogen) atoms. The van der Waals surface area contributed by atoms with Crippen LogP contribution in [0.15, 0.2) is 18.2 Å². The molecule has 1 aromatic carbocycles. The Morgan fingerprint density at radius 2 is 1.85 bits per heavy atom. The summed E-state index contributed by atoms with van der Waals surface area (Å²) in [7, 11) is 0. The lowest BCUT2D eigenvalue weighted by Gasteiger charge is -2.13. The third kappa shape index (κ3) is 5.81. The Morgan fingerprint density at radius 3 is 2.54 bits per heavy atom. The number of unbranched alkanes of at least 4 members (excludes halogenated alkanes) is 4. The van der Waals surface area contributed by atoms with E-state index < -0.39 is 0 Å². The van der Waals surface area contributed by atoms with E-state index in [0.29, 0.717) is 10.7 Å². The van der Waals surface area contributed by atoms with Crippen molar-refractivity contribution in [1.82, 2.24) is 4.98 Å². The molecular weight excluding hydrogens is 344 g/mol. The maximum atomic E-state index is 12.6. The van der Waals surface area contributed by atoms with E-state index in [9.17, 15) is 4.79 Å². The fraction of sp³-hybridized carbons (Fsp3) is 0.500. The minimum absolute atomic E-state index is 0.110. The number of rotatable bonds is 10. The number of nitrogens with one attached hydrogen (secondary N) is 2. The summed E-state index contributed by atoms with van der Waals surface area (Å²) in [6.45, 7) is 7.64. The van der Waals surface area contributed by atoms with Gasteiger partial charge in [0, 0.05) is 22.7 Å². The van der Waals surface area contributed by atoms with Gasteiger partial charge in [0.05, 0.1) is 5.69 Å². The minimum Gasteiger partial charge on any atom is -0.385 e. The van der Waals surface area contributed by atoms with E-state index in [1.165, 1.54) is 30.6 Å². The zero-order chi connectivity index (χ0) is 18.9. The average Bonchev–Trinajstić information content (AvgIpc) is 2.92. The highest BCUT2D eigenvalue weighted by Crippen LogP contribution is 2.24. The smallest absolute Gasteiger partial charge is 0.257 e. The highest BCUT2D eigenvalue weighted by molar-refractivity contribution is 7.15. The zero-order valence-electron chi connectivity index (χ0n) is 16.0. The van der Waals surface area contributed by atoms with Crippen molar-refractivity contribution in [2.45, 2.75) is 52.9 Å². The summed E-state index contributed by atoms with van der Waals surface area (Å²) in [5.41, 5.74) is 9.15. The summed E-state index contributed by atoms with van der Waals surface area (Å²) in [6.07, 6.45) is 5.88. The average molecular weight is 375 g/mol. The Labute approximate surface area is 160 Å². The van der Waals surface area contributed by atoms with Crippen LogP contribution >= 0.6 is 11.3 Å². The van der Waals surface area contributed by atoms with Gasteiger partial charge in [0.15, 0.2) is 5.13 Å². The lowest BCUT2D eigenvalue weighted by Crippen LogP contribution is -2.14. The predicted octanol–water partition coefficient (Wildman–Crippen LogP) is 4.64. The van der Waals surface area contributed by atoms with Gasteiger partial charge in [-0.15, -0.1) is 11.3 Å². The molecule has 0 bridgehead atoms. The number of nitrogens with zero attached hydrogens (tertiary/aromatic N) is 1. The number of carbonyl (C=O) groups is 1. The number of amides is 1. The number of carbonyl (C=O) groups excluding carboxylic acids is 1. The van der Waals surface area contributed by atoms with Crippen molar-refractivity contribution in [3.05, 3.63) is 39.9 Å². The van der Waals surface area contributed by atoms with Crippen molar-refractivity contribution in [1.29, 1.82) is 0 Å². The summed E-state index contributed by atoms with van der Waals surface area (Å²) >= 11 is 1.51. The van der Waals surface area contributed by atoms with Gasteiger partial charge in [-0.25, -0.2) is 4.98 Å². The van der Waals surface area contributed by atoms with E-state index in [0.717, 1.165) is 47.8 Å². The van der Waals surface area contributed by atoms with Crippen molar-refractivity contribution >= 4 is 28.1 Å². The van der Waals surface area contributed by atoms with Crippen LogP contribution in [-0.2, 0) is 0 Å². The summed E-state index contributed by atoms with van der Waals surface area (Å²) in [5, 5.41) is 7.03. The molecule has 1 heterocycles. The van der Waals surface area contributed by atoms with Gasteiger partial charge >= 0.3 is 0 Å². The molecule has 1 aromatic heterocycles. The molecule has 0 aliphatic rings. The minimum atomic E-state index is -0.110. The van der Waals surface area contributed by atoms with Crippen molar-refractivity contribution in [2.75, 3.05) is 23.7 Å². The first-order valence-electron chi connectivity index (χ1n) is 9.32. The first-order valence-corrected chi connectivity index (χ1v) is 10.1. The molecule has 0 fully saturated rings. The zero-order valence-corrected chi connectivity index (χ0v) is 16.8. The third-order valence-electron chi connectivity index (χ3n) is 4.52. The SMILES string of the molecule is Cc1nc(NC(=O)c2cccc(NCCCCCCCN)c2C)sc1C. The highest BCUT2D eigenvalue weighted by atomic mass is 32.1. The second kappa shape index (κ2) is 10.3. The van der Waals surface area contributed by atoms with Crippen molar-refractivity contribution < 1.29 is 4.79 Å². The van der Waals surface area contributed by atoms with Gasteiger partial charge in [0.2, 0.25) is 0 Å². The quantitative estimate of drug-likeness (QED) is 0.529. The molecule has 4 N–H and O–H groups in total. The molecule has 142 valence electrons. The first-order chi connectivity index (χ1) is 12.5. The van der Waals surface area contributed by atoms with Gasteiger partial charge in [0.1, 0.15) is 0 Å². The number of nitrogens with two attached hydrogens (primary N) is 1. The van der Waals surface area contributed by atoms with Crippen LogP contribution in [0.4, 0.5) is 10.8 Å². The molecule has 0 aliphatic heterocycles. The molecule has 0 saturated heterocycles. The lowest BCUT2D eigenvalue weighted by atomic mass is 10.1. The Morgan fingerprint density at radius 1 is 1.12 bits per heavy atom. The number of benzene rings is 1.